The lowest BCUT2D eigenvalue weighted by molar-refractivity contribution is -0.128. The van der Waals surface area contributed by atoms with Crippen LogP contribution in [0.15, 0.2) is 9.64 Å². The summed E-state index contributed by atoms with van der Waals surface area (Å²) >= 11 is 1.24. The van der Waals surface area contributed by atoms with Gasteiger partial charge in [0.05, 0.1) is 12.3 Å². The summed E-state index contributed by atoms with van der Waals surface area (Å²) in [7, 11) is 0. The summed E-state index contributed by atoms with van der Waals surface area (Å²) in [5, 5.41) is 10.7. The van der Waals surface area contributed by atoms with Crippen LogP contribution in [0.25, 0.3) is 0 Å². The van der Waals surface area contributed by atoms with E-state index in [4.69, 9.17) is 9.15 Å². The number of amides is 2. The zero-order valence-electron chi connectivity index (χ0n) is 12.3. The van der Waals surface area contributed by atoms with Gasteiger partial charge in [-0.3, -0.25) is 4.79 Å². The molecule has 2 aliphatic rings. The number of thioether (sulfide) groups is 1. The van der Waals surface area contributed by atoms with Crippen LogP contribution in [0.5, 0.6) is 0 Å². The predicted octanol–water partition coefficient (Wildman–Crippen LogP) is 0.961. The molecule has 0 unspecified atom stereocenters. The van der Waals surface area contributed by atoms with E-state index >= 15 is 0 Å². The van der Waals surface area contributed by atoms with E-state index in [1.54, 1.807) is 6.92 Å². The molecular formula is C13H18N4O4S. The van der Waals surface area contributed by atoms with E-state index in [0.717, 1.165) is 12.8 Å². The molecule has 2 fully saturated rings. The number of hydrogen-bond acceptors (Lipinski definition) is 7. The molecule has 120 valence electrons. The third-order valence-corrected chi connectivity index (χ3v) is 4.74. The van der Waals surface area contributed by atoms with Gasteiger partial charge in [-0.1, -0.05) is 11.8 Å². The molecule has 0 aromatic carbocycles. The average Bonchev–Trinajstić information content (AvgIpc) is 2.99. The Balaban J connectivity index is 1.52. The highest BCUT2D eigenvalue weighted by Gasteiger charge is 2.41. The van der Waals surface area contributed by atoms with Crippen LogP contribution in [0, 0.1) is 6.92 Å². The summed E-state index contributed by atoms with van der Waals surface area (Å²) in [6.45, 7) is 3.52. The highest BCUT2D eigenvalue weighted by atomic mass is 32.2. The van der Waals surface area contributed by atoms with Gasteiger partial charge in [-0.25, -0.2) is 4.79 Å². The highest BCUT2D eigenvalue weighted by Crippen LogP contribution is 2.29. The van der Waals surface area contributed by atoms with Crippen molar-refractivity contribution in [1.82, 2.24) is 20.4 Å². The Bertz CT molecular complexity index is 578. The molecule has 3 rings (SSSR count). The van der Waals surface area contributed by atoms with Crippen molar-refractivity contribution in [3.63, 3.8) is 0 Å². The van der Waals surface area contributed by atoms with Crippen molar-refractivity contribution in [3.8, 4) is 0 Å². The fourth-order valence-electron chi connectivity index (χ4n) is 2.75. The molecule has 2 saturated heterocycles. The average molecular weight is 326 g/mol. The maximum Gasteiger partial charge on any atom is 0.407 e. The molecule has 0 bridgehead atoms. The zero-order chi connectivity index (χ0) is 15.6. The van der Waals surface area contributed by atoms with Gasteiger partial charge in [0.1, 0.15) is 5.60 Å². The molecule has 0 radical (unpaired) electrons. The van der Waals surface area contributed by atoms with Crippen molar-refractivity contribution >= 4 is 23.8 Å². The summed E-state index contributed by atoms with van der Waals surface area (Å²) in [4.78, 5) is 25.4. The Morgan fingerprint density at radius 2 is 2.27 bits per heavy atom. The fraction of sp³-hybridized carbons (Fsp3) is 0.692. The number of nitrogens with one attached hydrogen (secondary N) is 1. The predicted molar refractivity (Wildman–Crippen MR) is 77.4 cm³/mol. The summed E-state index contributed by atoms with van der Waals surface area (Å²) in [6.07, 6.45) is 1.92. The van der Waals surface area contributed by atoms with Crippen molar-refractivity contribution < 1.29 is 18.7 Å². The van der Waals surface area contributed by atoms with Crippen molar-refractivity contribution in [2.45, 2.75) is 37.0 Å². The second kappa shape index (κ2) is 6.15. The number of rotatable bonds is 3. The second-order valence-corrected chi connectivity index (χ2v) is 6.46. The number of ether oxygens (including phenoxy) is 1. The quantitative estimate of drug-likeness (QED) is 0.826. The molecule has 1 aromatic heterocycles. The number of hydrogen-bond donors (Lipinski definition) is 1. The minimum atomic E-state index is -0.442. The first-order chi connectivity index (χ1) is 10.6. The minimum Gasteiger partial charge on any atom is -0.441 e. The van der Waals surface area contributed by atoms with Gasteiger partial charge in [-0.2, -0.15) is 0 Å². The molecule has 1 spiro atoms. The summed E-state index contributed by atoms with van der Waals surface area (Å²) in [6, 6.07) is 0. The Labute approximate surface area is 132 Å². The standard InChI is InChI=1S/C13H18N4O4S/c1-9-15-16-12(20-9)22-7-10(18)17-5-2-3-13(4-6-17)8-14-11(19)21-13/h2-8H2,1H3,(H,14,19)/t13-/m1/s1. The SMILES string of the molecule is Cc1nnc(SCC(=O)N2CCC[C@@]3(CC2)CNC(=O)O3)o1. The first-order valence-corrected chi connectivity index (χ1v) is 8.22. The van der Waals surface area contributed by atoms with Gasteiger partial charge in [0, 0.05) is 26.4 Å². The fourth-order valence-corrected chi connectivity index (χ4v) is 3.46. The van der Waals surface area contributed by atoms with Crippen LogP contribution in [0.2, 0.25) is 0 Å². The Hall–Kier alpha value is -1.77. The maximum atomic E-state index is 12.3. The molecule has 1 aromatic rings. The molecule has 3 heterocycles. The second-order valence-electron chi connectivity index (χ2n) is 5.54. The summed E-state index contributed by atoms with van der Waals surface area (Å²) in [5.41, 5.74) is -0.442. The zero-order valence-corrected chi connectivity index (χ0v) is 13.1. The first kappa shape index (κ1) is 15.1. The number of nitrogens with zero attached hydrogens (tertiary/aromatic N) is 3. The summed E-state index contributed by atoms with van der Waals surface area (Å²) in [5.74, 6) is 0.796. The molecule has 2 amide bonds. The number of alkyl carbamates (subject to hydrolysis) is 1. The van der Waals surface area contributed by atoms with E-state index in [-0.39, 0.29) is 17.8 Å². The first-order valence-electron chi connectivity index (χ1n) is 7.24. The Morgan fingerprint density at radius 3 is 2.95 bits per heavy atom. The van der Waals surface area contributed by atoms with Crippen molar-refractivity contribution in [3.05, 3.63) is 5.89 Å². The molecular weight excluding hydrogens is 308 g/mol. The van der Waals surface area contributed by atoms with Crippen LogP contribution in [0.1, 0.15) is 25.2 Å². The Morgan fingerprint density at radius 1 is 1.41 bits per heavy atom. The van der Waals surface area contributed by atoms with E-state index in [9.17, 15) is 9.59 Å². The highest BCUT2D eigenvalue weighted by molar-refractivity contribution is 7.99. The van der Waals surface area contributed by atoms with E-state index < -0.39 is 5.60 Å². The van der Waals surface area contributed by atoms with Gasteiger partial charge >= 0.3 is 6.09 Å². The van der Waals surface area contributed by atoms with E-state index in [1.165, 1.54) is 11.8 Å². The van der Waals surface area contributed by atoms with Crippen LogP contribution >= 0.6 is 11.8 Å². The molecule has 22 heavy (non-hydrogen) atoms. The summed E-state index contributed by atoms with van der Waals surface area (Å²) < 4.78 is 10.6. The van der Waals surface area contributed by atoms with Crippen molar-refractivity contribution in [1.29, 1.82) is 0 Å². The third kappa shape index (κ3) is 3.34. The molecule has 1 N–H and O–H groups in total. The van der Waals surface area contributed by atoms with Gasteiger partial charge in [0.15, 0.2) is 0 Å². The lowest BCUT2D eigenvalue weighted by atomic mass is 9.95. The van der Waals surface area contributed by atoms with Crippen LogP contribution in [-0.4, -0.2) is 58.1 Å². The topological polar surface area (TPSA) is 97.6 Å². The van der Waals surface area contributed by atoms with Crippen LogP contribution in [-0.2, 0) is 9.53 Å². The molecule has 8 nitrogen and oxygen atoms in total. The van der Waals surface area contributed by atoms with Crippen LogP contribution in [0.3, 0.4) is 0 Å². The van der Waals surface area contributed by atoms with Gasteiger partial charge < -0.3 is 19.4 Å². The normalized spacial score (nSPS) is 25.0. The molecule has 1 atom stereocenters. The molecule has 0 aliphatic carbocycles. The molecule has 2 aliphatic heterocycles. The number of aromatic nitrogens is 2. The Kier molecular flexibility index (Phi) is 4.23. The van der Waals surface area contributed by atoms with Crippen molar-refractivity contribution in [2.75, 3.05) is 25.4 Å². The van der Waals surface area contributed by atoms with Crippen molar-refractivity contribution in [2.24, 2.45) is 0 Å². The number of likely N-dealkylation sites (tertiary alicyclic amines) is 1. The number of carbonyl (C=O) groups is 2. The largest absolute Gasteiger partial charge is 0.441 e. The van der Waals surface area contributed by atoms with E-state index in [2.05, 4.69) is 15.5 Å². The smallest absolute Gasteiger partial charge is 0.407 e. The third-order valence-electron chi connectivity index (χ3n) is 3.94. The monoisotopic (exact) mass is 326 g/mol. The molecule has 0 saturated carbocycles. The molecule has 9 heteroatoms. The van der Waals surface area contributed by atoms with Crippen LogP contribution in [0.4, 0.5) is 4.79 Å². The van der Waals surface area contributed by atoms with Gasteiger partial charge in [0.25, 0.3) is 5.22 Å². The van der Waals surface area contributed by atoms with Crippen LogP contribution < -0.4 is 5.32 Å². The van der Waals surface area contributed by atoms with E-state index in [0.29, 0.717) is 37.2 Å². The number of aryl methyl sites for hydroxylation is 1. The minimum absolute atomic E-state index is 0.0372. The van der Waals surface area contributed by atoms with Gasteiger partial charge in [-0.05, 0) is 12.8 Å². The lowest BCUT2D eigenvalue weighted by Gasteiger charge is -2.24. The van der Waals surface area contributed by atoms with E-state index in [1.807, 2.05) is 4.90 Å². The number of carbonyl (C=O) groups excluding carboxylic acids is 2. The lowest BCUT2D eigenvalue weighted by Crippen LogP contribution is -2.37. The van der Waals surface area contributed by atoms with Gasteiger partial charge in [-0.15, -0.1) is 10.2 Å². The van der Waals surface area contributed by atoms with Gasteiger partial charge in [0.2, 0.25) is 11.8 Å². The maximum absolute atomic E-state index is 12.3.